The van der Waals surface area contributed by atoms with Crippen molar-refractivity contribution in [3.05, 3.63) is 29.8 Å². The van der Waals surface area contributed by atoms with E-state index in [-0.39, 0.29) is 5.69 Å². The maximum Gasteiger partial charge on any atom is 0.418 e. The van der Waals surface area contributed by atoms with Crippen LogP contribution in [0.4, 0.5) is 23.7 Å². The van der Waals surface area contributed by atoms with Crippen molar-refractivity contribution in [2.75, 3.05) is 32.5 Å². The molecule has 0 radical (unpaired) electrons. The number of nitrogens with one attached hydrogen (secondary N) is 2. The largest absolute Gasteiger partial charge is 0.418 e. The number of rotatable bonds is 5. The lowest BCUT2D eigenvalue weighted by atomic mass is 10.1. The van der Waals surface area contributed by atoms with Gasteiger partial charge >= 0.3 is 12.2 Å². The summed E-state index contributed by atoms with van der Waals surface area (Å²) in [6, 6.07) is 4.24. The van der Waals surface area contributed by atoms with Gasteiger partial charge in [0.05, 0.1) is 11.3 Å². The third kappa shape index (κ3) is 5.48. The quantitative estimate of drug-likeness (QED) is 0.819. The minimum absolute atomic E-state index is 0.245. The molecule has 20 heavy (non-hydrogen) atoms. The van der Waals surface area contributed by atoms with Gasteiger partial charge in [0.25, 0.3) is 0 Å². The Balaban J connectivity index is 2.54. The Labute approximate surface area is 116 Å². The molecule has 4 nitrogen and oxygen atoms in total. The predicted molar refractivity (Wildman–Crippen MR) is 71.6 cm³/mol. The molecule has 112 valence electrons. The SMILES string of the molecule is CN(C)CCCNC(=O)Nc1ccccc1C(F)(F)F. The van der Waals surface area contributed by atoms with Crippen molar-refractivity contribution in [3.8, 4) is 0 Å². The van der Waals surface area contributed by atoms with Gasteiger partial charge in [0, 0.05) is 6.54 Å². The number of amides is 2. The summed E-state index contributed by atoms with van der Waals surface area (Å²) in [5.41, 5.74) is -1.10. The zero-order valence-corrected chi connectivity index (χ0v) is 11.4. The minimum atomic E-state index is -4.49. The fraction of sp³-hybridized carbons (Fsp3) is 0.462. The number of halogens is 3. The number of anilines is 1. The second-order valence-corrected chi connectivity index (χ2v) is 4.58. The van der Waals surface area contributed by atoms with Crippen LogP contribution in [0.25, 0.3) is 0 Å². The van der Waals surface area contributed by atoms with Crippen LogP contribution in [-0.4, -0.2) is 38.1 Å². The minimum Gasteiger partial charge on any atom is -0.338 e. The van der Waals surface area contributed by atoms with Crippen molar-refractivity contribution in [1.29, 1.82) is 0 Å². The normalized spacial score (nSPS) is 11.5. The van der Waals surface area contributed by atoms with E-state index in [9.17, 15) is 18.0 Å². The maximum atomic E-state index is 12.7. The first-order chi connectivity index (χ1) is 9.30. The molecule has 0 aliphatic heterocycles. The number of hydrogen-bond acceptors (Lipinski definition) is 2. The molecular weight excluding hydrogens is 271 g/mol. The zero-order chi connectivity index (χ0) is 15.2. The molecule has 0 unspecified atom stereocenters. The molecule has 2 amide bonds. The highest BCUT2D eigenvalue weighted by atomic mass is 19.4. The van der Waals surface area contributed by atoms with Crippen molar-refractivity contribution < 1.29 is 18.0 Å². The average Bonchev–Trinajstić information content (AvgIpc) is 2.34. The van der Waals surface area contributed by atoms with Crippen LogP contribution < -0.4 is 10.6 Å². The Kier molecular flexibility index (Phi) is 5.82. The van der Waals surface area contributed by atoms with E-state index < -0.39 is 17.8 Å². The summed E-state index contributed by atoms with van der Waals surface area (Å²) in [6.07, 6.45) is -3.77. The van der Waals surface area contributed by atoms with E-state index in [0.29, 0.717) is 6.54 Å². The summed E-state index contributed by atoms with van der Waals surface area (Å²) in [5, 5.41) is 4.74. The van der Waals surface area contributed by atoms with E-state index in [1.807, 2.05) is 19.0 Å². The molecular formula is C13H18F3N3O. The van der Waals surface area contributed by atoms with Crippen molar-refractivity contribution in [2.24, 2.45) is 0 Å². The Bertz CT molecular complexity index is 447. The maximum absolute atomic E-state index is 12.7. The van der Waals surface area contributed by atoms with Crippen LogP contribution >= 0.6 is 0 Å². The van der Waals surface area contributed by atoms with Crippen molar-refractivity contribution in [2.45, 2.75) is 12.6 Å². The number of para-hydroxylation sites is 1. The molecule has 0 bridgehead atoms. The van der Waals surface area contributed by atoms with Crippen molar-refractivity contribution >= 4 is 11.7 Å². The fourth-order valence-electron chi connectivity index (χ4n) is 1.60. The molecule has 0 spiro atoms. The summed E-state index contributed by atoms with van der Waals surface area (Å²) < 4.78 is 38.2. The molecule has 0 saturated carbocycles. The molecule has 0 aliphatic rings. The predicted octanol–water partition coefficient (Wildman–Crippen LogP) is 2.78. The van der Waals surface area contributed by atoms with Crippen molar-refractivity contribution in [1.82, 2.24) is 10.2 Å². The van der Waals surface area contributed by atoms with Crippen molar-refractivity contribution in [3.63, 3.8) is 0 Å². The van der Waals surface area contributed by atoms with Crippen LogP contribution in [0.2, 0.25) is 0 Å². The number of carbonyl (C=O) groups excluding carboxylic acids is 1. The molecule has 1 aromatic carbocycles. The van der Waals surface area contributed by atoms with Crippen LogP contribution in [0.3, 0.4) is 0 Å². The van der Waals surface area contributed by atoms with Crippen LogP contribution in [0.15, 0.2) is 24.3 Å². The highest BCUT2D eigenvalue weighted by Crippen LogP contribution is 2.34. The Morgan fingerprint density at radius 3 is 2.50 bits per heavy atom. The van der Waals surface area contributed by atoms with E-state index in [1.165, 1.54) is 18.2 Å². The summed E-state index contributed by atoms with van der Waals surface area (Å²) in [5.74, 6) is 0. The lowest BCUT2D eigenvalue weighted by Gasteiger charge is -2.14. The van der Waals surface area contributed by atoms with E-state index >= 15 is 0 Å². The second kappa shape index (κ2) is 7.14. The number of nitrogens with zero attached hydrogens (tertiary/aromatic N) is 1. The van der Waals surface area contributed by atoms with Gasteiger partial charge in [-0.05, 0) is 39.2 Å². The van der Waals surface area contributed by atoms with E-state index in [1.54, 1.807) is 0 Å². The third-order valence-corrected chi connectivity index (χ3v) is 2.55. The number of alkyl halides is 3. The van der Waals surface area contributed by atoms with E-state index in [0.717, 1.165) is 19.0 Å². The first-order valence-electron chi connectivity index (χ1n) is 6.16. The number of carbonyl (C=O) groups is 1. The van der Waals surface area contributed by atoms with Gasteiger partial charge in [-0.2, -0.15) is 13.2 Å². The molecule has 7 heteroatoms. The van der Waals surface area contributed by atoms with Gasteiger partial charge in [-0.1, -0.05) is 12.1 Å². The number of hydrogen-bond donors (Lipinski definition) is 2. The second-order valence-electron chi connectivity index (χ2n) is 4.58. The molecule has 0 aliphatic carbocycles. The summed E-state index contributed by atoms with van der Waals surface area (Å²) in [4.78, 5) is 13.5. The molecule has 2 N–H and O–H groups in total. The van der Waals surface area contributed by atoms with Gasteiger partial charge in [-0.3, -0.25) is 0 Å². The topological polar surface area (TPSA) is 44.4 Å². The molecule has 1 aromatic rings. The molecule has 0 saturated heterocycles. The highest BCUT2D eigenvalue weighted by Gasteiger charge is 2.33. The highest BCUT2D eigenvalue weighted by molar-refractivity contribution is 5.90. The van der Waals surface area contributed by atoms with Crippen LogP contribution in [0, 0.1) is 0 Å². The zero-order valence-electron chi connectivity index (χ0n) is 11.4. The number of benzene rings is 1. The van der Waals surface area contributed by atoms with Gasteiger partial charge in [-0.25, -0.2) is 4.79 Å². The standard InChI is InChI=1S/C13H18F3N3O/c1-19(2)9-5-8-17-12(20)18-11-7-4-3-6-10(11)13(14,15)16/h3-4,6-7H,5,8-9H2,1-2H3,(H2,17,18,20). The Hall–Kier alpha value is -1.76. The molecule has 0 aromatic heterocycles. The van der Waals surface area contributed by atoms with Gasteiger partial charge in [-0.15, -0.1) is 0 Å². The number of urea groups is 1. The van der Waals surface area contributed by atoms with Crippen LogP contribution in [-0.2, 0) is 6.18 Å². The van der Waals surface area contributed by atoms with Crippen LogP contribution in [0.1, 0.15) is 12.0 Å². The Morgan fingerprint density at radius 2 is 1.90 bits per heavy atom. The first-order valence-corrected chi connectivity index (χ1v) is 6.16. The van der Waals surface area contributed by atoms with Gasteiger partial charge in [0.15, 0.2) is 0 Å². The van der Waals surface area contributed by atoms with E-state index in [2.05, 4.69) is 10.6 Å². The first kappa shape index (κ1) is 16.3. The smallest absolute Gasteiger partial charge is 0.338 e. The Morgan fingerprint density at radius 1 is 1.25 bits per heavy atom. The lowest BCUT2D eigenvalue weighted by molar-refractivity contribution is -0.136. The molecule has 0 heterocycles. The summed E-state index contributed by atoms with van der Waals surface area (Å²) in [6.45, 7) is 1.19. The van der Waals surface area contributed by atoms with Gasteiger partial charge in [0.2, 0.25) is 0 Å². The summed E-state index contributed by atoms with van der Waals surface area (Å²) >= 11 is 0. The average molecular weight is 289 g/mol. The summed E-state index contributed by atoms with van der Waals surface area (Å²) in [7, 11) is 3.80. The van der Waals surface area contributed by atoms with Gasteiger partial charge in [0.1, 0.15) is 0 Å². The molecule has 0 atom stereocenters. The lowest BCUT2D eigenvalue weighted by Crippen LogP contribution is -2.31. The molecule has 1 rings (SSSR count). The fourth-order valence-corrected chi connectivity index (χ4v) is 1.60. The third-order valence-electron chi connectivity index (χ3n) is 2.55. The van der Waals surface area contributed by atoms with Gasteiger partial charge < -0.3 is 15.5 Å². The monoisotopic (exact) mass is 289 g/mol. The van der Waals surface area contributed by atoms with Crippen LogP contribution in [0.5, 0.6) is 0 Å². The van der Waals surface area contributed by atoms with E-state index in [4.69, 9.17) is 0 Å². The molecule has 0 fully saturated rings.